The van der Waals surface area contributed by atoms with Gasteiger partial charge >= 0.3 is 0 Å². The molecule has 0 aromatic carbocycles. The summed E-state index contributed by atoms with van der Waals surface area (Å²) in [6, 6.07) is 0. The van der Waals surface area contributed by atoms with Crippen molar-refractivity contribution in [2.75, 3.05) is 0 Å². The molecule has 3 nitrogen and oxygen atoms in total. The van der Waals surface area contributed by atoms with Crippen LogP contribution in [0.4, 0.5) is 0 Å². The molecule has 1 rings (SSSR count). The van der Waals surface area contributed by atoms with Crippen molar-refractivity contribution >= 4 is 0 Å². The van der Waals surface area contributed by atoms with E-state index in [0.29, 0.717) is 0 Å². The summed E-state index contributed by atoms with van der Waals surface area (Å²) in [5.74, 6) is 0. The largest absolute Gasteiger partial charge is 0.392 e. The molecule has 0 heterocycles. The number of rotatable bonds is 13. The van der Waals surface area contributed by atoms with Crippen LogP contribution in [0, 0.1) is 5.41 Å². The monoisotopic (exact) mass is 584 g/mol. The molecule has 0 aliphatic heterocycles. The third-order valence-electron chi connectivity index (χ3n) is 7.54. The van der Waals surface area contributed by atoms with E-state index in [1.807, 2.05) is 56.4 Å². The predicted octanol–water partition coefficient (Wildman–Crippen LogP) is 9.68. The first-order valence-electron chi connectivity index (χ1n) is 15.3. The van der Waals surface area contributed by atoms with Crippen LogP contribution < -0.4 is 0 Å². The van der Waals surface area contributed by atoms with E-state index in [9.17, 15) is 15.3 Å². The van der Waals surface area contributed by atoms with E-state index in [0.717, 1.165) is 29.6 Å². The van der Waals surface area contributed by atoms with Crippen molar-refractivity contribution in [3.63, 3.8) is 0 Å². The summed E-state index contributed by atoms with van der Waals surface area (Å²) in [5, 5.41) is 30.1. The van der Waals surface area contributed by atoms with E-state index in [4.69, 9.17) is 0 Å². The van der Waals surface area contributed by atoms with Gasteiger partial charge in [0.05, 0.1) is 11.7 Å². The molecule has 0 spiro atoms. The quantitative estimate of drug-likeness (QED) is 0.189. The van der Waals surface area contributed by atoms with Gasteiger partial charge in [-0.15, -0.1) is 0 Å². The first-order valence-corrected chi connectivity index (χ1v) is 15.3. The molecule has 0 aromatic heterocycles. The second kappa shape index (κ2) is 18.4. The van der Waals surface area contributed by atoms with Crippen LogP contribution in [0.15, 0.2) is 142 Å². The fourth-order valence-corrected chi connectivity index (χ4v) is 4.38. The first-order chi connectivity index (χ1) is 20.0. The van der Waals surface area contributed by atoms with Gasteiger partial charge in [0, 0.05) is 5.41 Å². The number of aliphatic hydroxyl groups is 3. The predicted molar refractivity (Wildman–Crippen MR) is 188 cm³/mol. The highest BCUT2D eigenvalue weighted by Gasteiger charge is 2.34. The van der Waals surface area contributed by atoms with Crippen molar-refractivity contribution in [1.29, 1.82) is 0 Å². The van der Waals surface area contributed by atoms with Gasteiger partial charge in [-0.05, 0) is 73.8 Å². The molecule has 43 heavy (non-hydrogen) atoms. The minimum absolute atomic E-state index is 0.210. The second-order valence-electron chi connectivity index (χ2n) is 12.8. The van der Waals surface area contributed by atoms with E-state index >= 15 is 0 Å². The average molecular weight is 585 g/mol. The summed E-state index contributed by atoms with van der Waals surface area (Å²) in [5.41, 5.74) is 6.86. The lowest BCUT2D eigenvalue weighted by Crippen LogP contribution is -2.34. The van der Waals surface area contributed by atoms with Gasteiger partial charge in [-0.2, -0.15) is 0 Å². The van der Waals surface area contributed by atoms with Crippen LogP contribution in [0.1, 0.15) is 82.1 Å². The van der Waals surface area contributed by atoms with Crippen LogP contribution in [0.25, 0.3) is 0 Å². The first kappa shape index (κ1) is 37.8. The van der Waals surface area contributed by atoms with Crippen molar-refractivity contribution in [2.24, 2.45) is 5.41 Å². The fraction of sp³-hybridized carbons (Fsp3) is 0.400. The highest BCUT2D eigenvalue weighted by Crippen LogP contribution is 2.41. The van der Waals surface area contributed by atoms with Gasteiger partial charge in [0.2, 0.25) is 0 Å². The standard InChI is InChI=1S/C40H56O3/c1-30(18-13-20-32(3)21-15-23-34(5)25-28-38(42)40(9,10)43)16-11-12-17-31(2)19-14-22-33(4)24-27-36-35(6)26-29-37(41)39(36,7)8/h11-25,27-28,37-38,41-43H,26,29H2,1-10H3. The zero-order valence-corrected chi connectivity index (χ0v) is 28.2. The molecule has 0 aromatic rings. The minimum atomic E-state index is -1.15. The molecule has 2 unspecified atom stereocenters. The molecule has 0 saturated carbocycles. The van der Waals surface area contributed by atoms with Gasteiger partial charge in [0.1, 0.15) is 6.10 Å². The summed E-state index contributed by atoms with van der Waals surface area (Å²) in [7, 11) is 0. The van der Waals surface area contributed by atoms with Crippen LogP contribution in [0.3, 0.4) is 0 Å². The number of aliphatic hydroxyl groups excluding tert-OH is 2. The van der Waals surface area contributed by atoms with E-state index < -0.39 is 11.7 Å². The molecule has 0 amide bonds. The van der Waals surface area contributed by atoms with Crippen LogP contribution in [-0.4, -0.2) is 33.1 Å². The molecule has 0 bridgehead atoms. The lowest BCUT2D eigenvalue weighted by atomic mass is 9.70. The van der Waals surface area contributed by atoms with Crippen molar-refractivity contribution in [3.8, 4) is 0 Å². The Morgan fingerprint density at radius 3 is 1.56 bits per heavy atom. The summed E-state index contributed by atoms with van der Waals surface area (Å²) >= 11 is 0. The van der Waals surface area contributed by atoms with E-state index in [1.165, 1.54) is 22.3 Å². The maximum atomic E-state index is 10.4. The average Bonchev–Trinajstić information content (AvgIpc) is 2.91. The van der Waals surface area contributed by atoms with Gasteiger partial charge in [-0.3, -0.25) is 0 Å². The molecule has 1 aliphatic carbocycles. The van der Waals surface area contributed by atoms with Gasteiger partial charge in [0.25, 0.3) is 0 Å². The molecule has 1 aliphatic rings. The SMILES string of the molecule is CC(C=CC=C(C)C=CC=C(C)C=CC(O)C(C)(C)O)=CC=CC=C(C)C=CC=C(C)C=CC1=C(C)CCC(O)C1(C)C. The Hall–Kier alpha value is -3.24. The van der Waals surface area contributed by atoms with Crippen molar-refractivity contribution < 1.29 is 15.3 Å². The van der Waals surface area contributed by atoms with E-state index in [2.05, 4.69) is 96.2 Å². The highest BCUT2D eigenvalue weighted by molar-refractivity contribution is 5.38. The number of hydrogen-bond acceptors (Lipinski definition) is 3. The Balaban J connectivity index is 2.64. The van der Waals surface area contributed by atoms with E-state index in [1.54, 1.807) is 19.9 Å². The molecule has 2 atom stereocenters. The minimum Gasteiger partial charge on any atom is -0.392 e. The van der Waals surface area contributed by atoms with Gasteiger partial charge < -0.3 is 15.3 Å². The molecular formula is C40H56O3. The maximum absolute atomic E-state index is 10.4. The third kappa shape index (κ3) is 15.2. The topological polar surface area (TPSA) is 60.7 Å². The third-order valence-corrected chi connectivity index (χ3v) is 7.54. The zero-order valence-electron chi connectivity index (χ0n) is 28.2. The molecule has 234 valence electrons. The maximum Gasteiger partial charge on any atom is 0.101 e. The summed E-state index contributed by atoms with van der Waals surface area (Å²) < 4.78 is 0. The van der Waals surface area contributed by atoms with Crippen molar-refractivity contribution in [2.45, 2.75) is 99.9 Å². The normalized spacial score (nSPS) is 21.3. The highest BCUT2D eigenvalue weighted by atomic mass is 16.3. The summed E-state index contributed by atoms with van der Waals surface area (Å²) in [4.78, 5) is 0. The van der Waals surface area contributed by atoms with Crippen LogP contribution in [0.5, 0.6) is 0 Å². The lowest BCUT2D eigenvalue weighted by molar-refractivity contribution is -0.0226. The summed E-state index contributed by atoms with van der Waals surface area (Å²) in [6.45, 7) is 19.9. The second-order valence-corrected chi connectivity index (χ2v) is 12.8. The van der Waals surface area contributed by atoms with Crippen molar-refractivity contribution in [3.05, 3.63) is 142 Å². The van der Waals surface area contributed by atoms with Gasteiger partial charge in [-0.1, -0.05) is 151 Å². The molecule has 0 fully saturated rings. The number of hydrogen-bond donors (Lipinski definition) is 3. The Morgan fingerprint density at radius 1 is 0.721 bits per heavy atom. The Kier molecular flexibility index (Phi) is 16.2. The summed E-state index contributed by atoms with van der Waals surface area (Å²) in [6.07, 6.45) is 35.0. The molecular weight excluding hydrogens is 528 g/mol. The lowest BCUT2D eigenvalue weighted by Gasteiger charge is -2.37. The van der Waals surface area contributed by atoms with E-state index in [-0.39, 0.29) is 11.5 Å². The Labute approximate surface area is 262 Å². The van der Waals surface area contributed by atoms with Crippen LogP contribution in [0.2, 0.25) is 0 Å². The molecule has 3 heteroatoms. The number of allylic oxidation sites excluding steroid dienone is 22. The Bertz CT molecular complexity index is 1290. The molecule has 0 radical (unpaired) electrons. The van der Waals surface area contributed by atoms with Gasteiger partial charge in [-0.25, -0.2) is 0 Å². The van der Waals surface area contributed by atoms with Gasteiger partial charge in [0.15, 0.2) is 0 Å². The van der Waals surface area contributed by atoms with Crippen LogP contribution in [-0.2, 0) is 0 Å². The zero-order chi connectivity index (χ0) is 32.6. The smallest absolute Gasteiger partial charge is 0.101 e. The molecule has 0 saturated heterocycles. The van der Waals surface area contributed by atoms with Crippen molar-refractivity contribution in [1.82, 2.24) is 0 Å². The fourth-order valence-electron chi connectivity index (χ4n) is 4.38. The molecule has 3 N–H and O–H groups in total. The van der Waals surface area contributed by atoms with Crippen LogP contribution >= 0.6 is 0 Å². The Morgan fingerprint density at radius 2 is 1.12 bits per heavy atom.